The maximum atomic E-state index is 13.7. The van der Waals surface area contributed by atoms with Crippen molar-refractivity contribution >= 4 is 17.7 Å². The average Bonchev–Trinajstić information content (AvgIpc) is 2.45. The minimum Gasteiger partial charge on any atom is -0.478 e. The van der Waals surface area contributed by atoms with Crippen molar-refractivity contribution < 1.29 is 14.3 Å². The molecule has 1 aromatic rings. The van der Waals surface area contributed by atoms with E-state index in [1.807, 2.05) is 6.07 Å². The summed E-state index contributed by atoms with van der Waals surface area (Å²) >= 11 is 0. The van der Waals surface area contributed by atoms with E-state index in [2.05, 4.69) is 18.7 Å². The number of rotatable bonds is 4. The highest BCUT2D eigenvalue weighted by Crippen LogP contribution is 2.36. The minimum atomic E-state index is -1.03. The van der Waals surface area contributed by atoms with Gasteiger partial charge in [-0.3, -0.25) is 0 Å². The molecule has 1 heterocycles. The van der Waals surface area contributed by atoms with Crippen LogP contribution in [0.1, 0.15) is 38.7 Å². The predicted molar refractivity (Wildman–Crippen MR) is 82.9 cm³/mol. The first kappa shape index (κ1) is 15.5. The molecule has 4 heteroatoms. The molecule has 21 heavy (non-hydrogen) atoms. The van der Waals surface area contributed by atoms with Crippen molar-refractivity contribution in [2.75, 3.05) is 18.0 Å². The lowest BCUT2D eigenvalue weighted by molar-refractivity contribution is -0.131. The molecule has 0 bridgehead atoms. The second-order valence-corrected chi connectivity index (χ2v) is 6.07. The summed E-state index contributed by atoms with van der Waals surface area (Å²) in [7, 11) is 0. The highest BCUT2D eigenvalue weighted by atomic mass is 19.1. The van der Waals surface area contributed by atoms with E-state index in [9.17, 15) is 9.18 Å². The van der Waals surface area contributed by atoms with Gasteiger partial charge < -0.3 is 10.0 Å². The molecule has 0 spiro atoms. The third-order valence-corrected chi connectivity index (χ3v) is 4.51. The molecule has 3 nitrogen and oxygen atoms in total. The number of aliphatic carboxylic acids is 1. The van der Waals surface area contributed by atoms with Crippen molar-refractivity contribution in [1.82, 2.24) is 0 Å². The summed E-state index contributed by atoms with van der Waals surface area (Å²) in [5.74, 6) is -1.36. The molecule has 0 aliphatic carbocycles. The lowest BCUT2D eigenvalue weighted by atomic mass is 9.78. The molecule has 1 N–H and O–H groups in total. The van der Waals surface area contributed by atoms with E-state index in [1.54, 1.807) is 0 Å². The van der Waals surface area contributed by atoms with Gasteiger partial charge in [0.25, 0.3) is 0 Å². The fourth-order valence-electron chi connectivity index (χ4n) is 2.70. The smallest absolute Gasteiger partial charge is 0.328 e. The van der Waals surface area contributed by atoms with Crippen molar-refractivity contribution in [3.05, 3.63) is 35.7 Å². The Balaban J connectivity index is 2.15. The Morgan fingerprint density at radius 3 is 2.62 bits per heavy atom. The number of carboxylic acids is 1. The summed E-state index contributed by atoms with van der Waals surface area (Å²) in [4.78, 5) is 12.7. The van der Waals surface area contributed by atoms with E-state index < -0.39 is 5.97 Å². The molecule has 0 unspecified atom stereocenters. The standard InChI is InChI=1S/C17H22FNO2/c1-3-17(2)6-8-19(9-7-17)15-11-13(4-5-16(20)21)10-14(18)12-15/h4-5,10-12H,3,6-9H2,1-2H3,(H,20,21)/b5-4+. The number of hydrogen-bond donors (Lipinski definition) is 1. The van der Waals surface area contributed by atoms with Crippen LogP contribution in [0.25, 0.3) is 6.08 Å². The summed E-state index contributed by atoms with van der Waals surface area (Å²) in [6, 6.07) is 4.72. The molecule has 1 saturated heterocycles. The lowest BCUT2D eigenvalue weighted by Gasteiger charge is -2.40. The fourth-order valence-corrected chi connectivity index (χ4v) is 2.70. The fraction of sp³-hybridized carbons (Fsp3) is 0.471. The highest BCUT2D eigenvalue weighted by Gasteiger charge is 2.28. The van der Waals surface area contributed by atoms with Gasteiger partial charge in [-0.1, -0.05) is 20.3 Å². The van der Waals surface area contributed by atoms with Gasteiger partial charge in [0, 0.05) is 24.9 Å². The van der Waals surface area contributed by atoms with E-state index in [0.717, 1.165) is 44.1 Å². The lowest BCUT2D eigenvalue weighted by Crippen LogP contribution is -2.38. The molecular formula is C17H22FNO2. The number of nitrogens with zero attached hydrogens (tertiary/aromatic N) is 1. The van der Waals surface area contributed by atoms with Crippen molar-refractivity contribution in [2.45, 2.75) is 33.1 Å². The summed E-state index contributed by atoms with van der Waals surface area (Å²) in [6.07, 6.45) is 5.81. The highest BCUT2D eigenvalue weighted by molar-refractivity contribution is 5.85. The zero-order chi connectivity index (χ0) is 15.5. The van der Waals surface area contributed by atoms with Gasteiger partial charge in [-0.15, -0.1) is 0 Å². The molecule has 0 aromatic heterocycles. The molecule has 0 radical (unpaired) electrons. The quantitative estimate of drug-likeness (QED) is 0.854. The van der Waals surface area contributed by atoms with Gasteiger partial charge in [-0.25, -0.2) is 9.18 Å². The molecule has 114 valence electrons. The molecular weight excluding hydrogens is 269 g/mol. The maximum Gasteiger partial charge on any atom is 0.328 e. The van der Waals surface area contributed by atoms with Gasteiger partial charge in [-0.05, 0) is 48.1 Å². The van der Waals surface area contributed by atoms with Gasteiger partial charge in [-0.2, -0.15) is 0 Å². The summed E-state index contributed by atoms with van der Waals surface area (Å²) in [5, 5.41) is 8.66. The molecule has 1 aliphatic heterocycles. The monoisotopic (exact) mass is 291 g/mol. The van der Waals surface area contributed by atoms with Gasteiger partial charge in [0.05, 0.1) is 0 Å². The third kappa shape index (κ3) is 4.06. The number of benzene rings is 1. The molecule has 1 fully saturated rings. The third-order valence-electron chi connectivity index (χ3n) is 4.51. The second kappa shape index (κ2) is 6.29. The van der Waals surface area contributed by atoms with E-state index in [4.69, 9.17) is 5.11 Å². The summed E-state index contributed by atoms with van der Waals surface area (Å²) in [5.41, 5.74) is 1.80. The van der Waals surface area contributed by atoms with Crippen LogP contribution in [0, 0.1) is 11.2 Å². The van der Waals surface area contributed by atoms with Crippen LogP contribution in [0.3, 0.4) is 0 Å². The van der Waals surface area contributed by atoms with Crippen LogP contribution in [0.2, 0.25) is 0 Å². The number of piperidine rings is 1. The van der Waals surface area contributed by atoms with Crippen LogP contribution in [0.4, 0.5) is 10.1 Å². The first-order chi connectivity index (χ1) is 9.92. The van der Waals surface area contributed by atoms with Crippen LogP contribution < -0.4 is 4.90 Å². The number of carboxylic acid groups (broad SMARTS) is 1. The summed E-state index contributed by atoms with van der Waals surface area (Å²) < 4.78 is 13.7. The van der Waals surface area contributed by atoms with Crippen LogP contribution in [-0.4, -0.2) is 24.2 Å². The minimum absolute atomic E-state index is 0.332. The number of anilines is 1. The van der Waals surface area contributed by atoms with Gasteiger partial charge in [0.15, 0.2) is 0 Å². The average molecular weight is 291 g/mol. The van der Waals surface area contributed by atoms with Gasteiger partial charge in [0.2, 0.25) is 0 Å². The predicted octanol–water partition coefficient (Wildman–Crippen LogP) is 3.94. The number of halogens is 1. The zero-order valence-electron chi connectivity index (χ0n) is 12.6. The van der Waals surface area contributed by atoms with E-state index >= 15 is 0 Å². The van der Waals surface area contributed by atoms with Gasteiger partial charge >= 0.3 is 5.97 Å². The number of carbonyl (C=O) groups is 1. The topological polar surface area (TPSA) is 40.5 Å². The Labute approximate surface area is 125 Å². The summed E-state index contributed by atoms with van der Waals surface area (Å²) in [6.45, 7) is 6.34. The number of hydrogen-bond acceptors (Lipinski definition) is 2. The Kier molecular flexibility index (Phi) is 4.66. The molecule has 0 amide bonds. The van der Waals surface area contributed by atoms with Crippen LogP contribution >= 0.6 is 0 Å². The molecule has 1 aliphatic rings. The molecule has 0 saturated carbocycles. The van der Waals surface area contributed by atoms with Crippen molar-refractivity contribution in [3.63, 3.8) is 0 Å². The van der Waals surface area contributed by atoms with Crippen molar-refractivity contribution in [3.8, 4) is 0 Å². The molecule has 1 aromatic carbocycles. The Hall–Kier alpha value is -1.84. The van der Waals surface area contributed by atoms with Gasteiger partial charge in [0.1, 0.15) is 5.82 Å². The largest absolute Gasteiger partial charge is 0.478 e. The Bertz CT molecular complexity index is 546. The second-order valence-electron chi connectivity index (χ2n) is 6.07. The molecule has 0 atom stereocenters. The van der Waals surface area contributed by atoms with E-state index in [-0.39, 0.29) is 5.82 Å². The first-order valence-electron chi connectivity index (χ1n) is 7.38. The van der Waals surface area contributed by atoms with Crippen LogP contribution in [0.5, 0.6) is 0 Å². The van der Waals surface area contributed by atoms with E-state index in [0.29, 0.717) is 11.0 Å². The normalized spacial score (nSPS) is 18.1. The van der Waals surface area contributed by atoms with Crippen molar-refractivity contribution in [2.24, 2.45) is 5.41 Å². The SMILES string of the molecule is CCC1(C)CCN(c2cc(F)cc(/C=C/C(=O)O)c2)CC1. The van der Waals surface area contributed by atoms with E-state index in [1.165, 1.54) is 18.2 Å². The molecule has 2 rings (SSSR count). The first-order valence-corrected chi connectivity index (χ1v) is 7.38. The Morgan fingerprint density at radius 2 is 2.05 bits per heavy atom. The Morgan fingerprint density at radius 1 is 1.38 bits per heavy atom. The zero-order valence-corrected chi connectivity index (χ0v) is 12.6. The van der Waals surface area contributed by atoms with Crippen LogP contribution in [0.15, 0.2) is 24.3 Å². The van der Waals surface area contributed by atoms with Crippen molar-refractivity contribution in [1.29, 1.82) is 0 Å². The van der Waals surface area contributed by atoms with Crippen LogP contribution in [-0.2, 0) is 4.79 Å². The maximum absolute atomic E-state index is 13.7.